The fourth-order valence-corrected chi connectivity index (χ4v) is 3.64. The summed E-state index contributed by atoms with van der Waals surface area (Å²) in [6, 6.07) is 16.5. The maximum absolute atomic E-state index is 5.96. The Balaban J connectivity index is 1.58. The molecule has 136 valence electrons. The van der Waals surface area contributed by atoms with Crippen LogP contribution in [0.15, 0.2) is 53.9 Å². The SMILES string of the molecule is CN(C)CCCNCc1ccc(-c2csc(-c3ccc(Cl)cc3)n2)cc1. The normalized spacial score (nSPS) is 11.2. The van der Waals surface area contributed by atoms with Gasteiger partial charge in [-0.3, -0.25) is 0 Å². The predicted molar refractivity (Wildman–Crippen MR) is 113 cm³/mol. The van der Waals surface area contributed by atoms with Gasteiger partial charge in [0, 0.05) is 28.1 Å². The molecular formula is C21H24ClN3S. The van der Waals surface area contributed by atoms with E-state index in [1.807, 2.05) is 24.3 Å². The van der Waals surface area contributed by atoms with E-state index in [-0.39, 0.29) is 0 Å². The highest BCUT2D eigenvalue weighted by Crippen LogP contribution is 2.29. The average molecular weight is 386 g/mol. The molecule has 26 heavy (non-hydrogen) atoms. The van der Waals surface area contributed by atoms with E-state index in [1.54, 1.807) is 11.3 Å². The third-order valence-electron chi connectivity index (χ3n) is 4.13. The van der Waals surface area contributed by atoms with Gasteiger partial charge in [-0.1, -0.05) is 48.0 Å². The first kappa shape index (κ1) is 19.1. The molecule has 0 fully saturated rings. The van der Waals surface area contributed by atoms with Crippen molar-refractivity contribution in [2.75, 3.05) is 27.2 Å². The maximum atomic E-state index is 5.96. The fraction of sp³-hybridized carbons (Fsp3) is 0.286. The summed E-state index contributed by atoms with van der Waals surface area (Å²) in [7, 11) is 4.21. The van der Waals surface area contributed by atoms with Gasteiger partial charge in [0.25, 0.3) is 0 Å². The molecule has 0 atom stereocenters. The largest absolute Gasteiger partial charge is 0.313 e. The number of rotatable bonds is 8. The van der Waals surface area contributed by atoms with Crippen molar-refractivity contribution < 1.29 is 0 Å². The second kappa shape index (κ2) is 9.28. The quantitative estimate of drug-likeness (QED) is 0.542. The van der Waals surface area contributed by atoms with Gasteiger partial charge in [-0.15, -0.1) is 11.3 Å². The van der Waals surface area contributed by atoms with Crippen LogP contribution in [0.3, 0.4) is 0 Å². The molecule has 0 saturated carbocycles. The van der Waals surface area contributed by atoms with Crippen LogP contribution in [0.2, 0.25) is 5.02 Å². The molecule has 1 N–H and O–H groups in total. The minimum atomic E-state index is 0.747. The molecular weight excluding hydrogens is 362 g/mol. The highest BCUT2D eigenvalue weighted by Gasteiger charge is 2.07. The van der Waals surface area contributed by atoms with Gasteiger partial charge in [-0.05, 0) is 51.3 Å². The van der Waals surface area contributed by atoms with Crippen LogP contribution in [-0.2, 0) is 6.54 Å². The highest BCUT2D eigenvalue weighted by molar-refractivity contribution is 7.13. The molecule has 3 aromatic rings. The monoisotopic (exact) mass is 385 g/mol. The summed E-state index contributed by atoms with van der Waals surface area (Å²) in [5.41, 5.74) is 4.57. The molecule has 0 saturated heterocycles. The van der Waals surface area contributed by atoms with Gasteiger partial charge in [0.1, 0.15) is 5.01 Å². The van der Waals surface area contributed by atoms with Gasteiger partial charge < -0.3 is 10.2 Å². The number of halogens is 1. The Morgan fingerprint density at radius 3 is 2.38 bits per heavy atom. The molecule has 0 aliphatic heterocycles. The number of thiazole rings is 1. The second-order valence-electron chi connectivity index (χ2n) is 6.58. The predicted octanol–water partition coefficient (Wildman–Crippen LogP) is 5.17. The summed E-state index contributed by atoms with van der Waals surface area (Å²) in [6.45, 7) is 3.06. The number of nitrogens with one attached hydrogen (secondary N) is 1. The standard InChI is InChI=1S/C21H24ClN3S/c1-25(2)13-3-12-23-14-16-4-6-17(7-5-16)20-15-26-21(24-20)18-8-10-19(22)11-9-18/h4-11,15,23H,3,12-14H2,1-2H3. The van der Waals surface area contributed by atoms with Crippen LogP contribution in [0.25, 0.3) is 21.8 Å². The smallest absolute Gasteiger partial charge is 0.124 e. The van der Waals surface area contributed by atoms with Crippen molar-refractivity contribution in [2.24, 2.45) is 0 Å². The van der Waals surface area contributed by atoms with Gasteiger partial charge in [-0.25, -0.2) is 4.98 Å². The zero-order valence-corrected chi connectivity index (χ0v) is 16.8. The van der Waals surface area contributed by atoms with Gasteiger partial charge in [0.05, 0.1) is 5.69 Å². The Kier molecular flexibility index (Phi) is 6.80. The third-order valence-corrected chi connectivity index (χ3v) is 5.28. The van der Waals surface area contributed by atoms with Crippen molar-refractivity contribution in [3.05, 3.63) is 64.5 Å². The number of hydrogen-bond acceptors (Lipinski definition) is 4. The van der Waals surface area contributed by atoms with Crippen molar-refractivity contribution >= 4 is 22.9 Å². The van der Waals surface area contributed by atoms with E-state index in [1.165, 1.54) is 5.56 Å². The first-order chi connectivity index (χ1) is 12.6. The highest BCUT2D eigenvalue weighted by atomic mass is 35.5. The molecule has 1 aromatic heterocycles. The molecule has 0 spiro atoms. The number of nitrogens with zero attached hydrogens (tertiary/aromatic N) is 2. The lowest BCUT2D eigenvalue weighted by molar-refractivity contribution is 0.394. The van der Waals surface area contributed by atoms with Crippen molar-refractivity contribution in [1.29, 1.82) is 0 Å². The zero-order chi connectivity index (χ0) is 18.4. The summed E-state index contributed by atoms with van der Waals surface area (Å²) in [5, 5.41) is 7.37. The number of aromatic nitrogens is 1. The van der Waals surface area contributed by atoms with Crippen molar-refractivity contribution in [2.45, 2.75) is 13.0 Å². The van der Waals surface area contributed by atoms with Gasteiger partial charge >= 0.3 is 0 Å². The molecule has 0 amide bonds. The number of hydrogen-bond donors (Lipinski definition) is 1. The van der Waals surface area contributed by atoms with Crippen LogP contribution in [-0.4, -0.2) is 37.1 Å². The molecule has 2 aromatic carbocycles. The minimum Gasteiger partial charge on any atom is -0.313 e. The van der Waals surface area contributed by atoms with Gasteiger partial charge in [-0.2, -0.15) is 0 Å². The lowest BCUT2D eigenvalue weighted by Crippen LogP contribution is -2.20. The molecule has 3 nitrogen and oxygen atoms in total. The molecule has 0 aliphatic carbocycles. The average Bonchev–Trinajstić information content (AvgIpc) is 3.12. The summed E-state index contributed by atoms with van der Waals surface area (Å²) >= 11 is 7.62. The van der Waals surface area contributed by atoms with Crippen LogP contribution in [0.4, 0.5) is 0 Å². The molecule has 0 bridgehead atoms. The lowest BCUT2D eigenvalue weighted by atomic mass is 10.1. The Morgan fingerprint density at radius 1 is 1.00 bits per heavy atom. The fourth-order valence-electron chi connectivity index (χ4n) is 2.68. The van der Waals surface area contributed by atoms with E-state index >= 15 is 0 Å². The molecule has 0 unspecified atom stereocenters. The Morgan fingerprint density at radius 2 is 1.69 bits per heavy atom. The summed E-state index contributed by atoms with van der Waals surface area (Å²) in [6.07, 6.45) is 1.16. The first-order valence-corrected chi connectivity index (χ1v) is 10.0. The van der Waals surface area contributed by atoms with E-state index in [4.69, 9.17) is 16.6 Å². The van der Waals surface area contributed by atoms with E-state index in [9.17, 15) is 0 Å². The topological polar surface area (TPSA) is 28.2 Å². The van der Waals surface area contributed by atoms with Crippen molar-refractivity contribution in [3.63, 3.8) is 0 Å². The van der Waals surface area contributed by atoms with Gasteiger partial charge in [0.15, 0.2) is 0 Å². The van der Waals surface area contributed by atoms with E-state index in [2.05, 4.69) is 54.0 Å². The summed E-state index contributed by atoms with van der Waals surface area (Å²) < 4.78 is 0. The Hall–Kier alpha value is -1.72. The van der Waals surface area contributed by atoms with Crippen molar-refractivity contribution in [3.8, 4) is 21.8 Å². The maximum Gasteiger partial charge on any atom is 0.124 e. The zero-order valence-electron chi connectivity index (χ0n) is 15.2. The van der Waals surface area contributed by atoms with Crippen LogP contribution < -0.4 is 5.32 Å². The molecule has 1 heterocycles. The van der Waals surface area contributed by atoms with Gasteiger partial charge in [0.2, 0.25) is 0 Å². The molecule has 0 aliphatic rings. The summed E-state index contributed by atoms with van der Waals surface area (Å²) in [5.74, 6) is 0. The van der Waals surface area contributed by atoms with E-state index in [0.29, 0.717) is 0 Å². The second-order valence-corrected chi connectivity index (χ2v) is 7.87. The van der Waals surface area contributed by atoms with Crippen LogP contribution in [0.5, 0.6) is 0 Å². The Labute approximate surface area is 164 Å². The van der Waals surface area contributed by atoms with Crippen molar-refractivity contribution in [1.82, 2.24) is 15.2 Å². The van der Waals surface area contributed by atoms with E-state index in [0.717, 1.165) is 52.9 Å². The summed E-state index contributed by atoms with van der Waals surface area (Å²) in [4.78, 5) is 6.98. The molecule has 3 rings (SSSR count). The van der Waals surface area contributed by atoms with Crippen LogP contribution in [0, 0.1) is 0 Å². The minimum absolute atomic E-state index is 0.747. The Bertz CT molecular complexity index is 810. The number of benzene rings is 2. The van der Waals surface area contributed by atoms with E-state index < -0.39 is 0 Å². The molecule has 0 radical (unpaired) electrons. The molecule has 5 heteroatoms. The first-order valence-electron chi connectivity index (χ1n) is 8.78. The third kappa shape index (κ3) is 5.39. The van der Waals surface area contributed by atoms with Crippen LogP contribution in [0.1, 0.15) is 12.0 Å². The lowest BCUT2D eigenvalue weighted by Gasteiger charge is -2.10. The van der Waals surface area contributed by atoms with Crippen LogP contribution >= 0.6 is 22.9 Å².